The van der Waals surface area contributed by atoms with E-state index in [0.717, 1.165) is 16.2 Å². The van der Waals surface area contributed by atoms with E-state index in [-0.39, 0.29) is 17.2 Å². The van der Waals surface area contributed by atoms with Gasteiger partial charge in [0.05, 0.1) is 22.8 Å². The summed E-state index contributed by atoms with van der Waals surface area (Å²) in [5, 5.41) is 4.18. The van der Waals surface area contributed by atoms with Crippen LogP contribution in [0.1, 0.15) is 44.0 Å². The van der Waals surface area contributed by atoms with Crippen LogP contribution in [0, 0.1) is 11.8 Å². The van der Waals surface area contributed by atoms with Crippen LogP contribution in [0.15, 0.2) is 74.8 Å². The van der Waals surface area contributed by atoms with Crippen LogP contribution in [0.25, 0.3) is 43.5 Å². The van der Waals surface area contributed by atoms with E-state index in [1.54, 1.807) is 24.4 Å². The van der Waals surface area contributed by atoms with Gasteiger partial charge in [-0.05, 0) is 54.5 Å². The molecule has 6 aromatic rings. The molecule has 0 unspecified atom stereocenters. The van der Waals surface area contributed by atoms with Crippen LogP contribution >= 0.6 is 0 Å². The molecule has 0 aliphatic heterocycles. The Morgan fingerprint density at radius 1 is 0.889 bits per heavy atom. The van der Waals surface area contributed by atoms with Crippen LogP contribution < -0.4 is 16.9 Å². The number of benzene rings is 3. The second-order valence-electron chi connectivity index (χ2n) is 8.99. The fraction of sp³-hybridized carbons (Fsp3) is 0.167. The number of nitrogen functional groups attached to an aromatic ring is 1. The predicted octanol–water partition coefficient (Wildman–Crippen LogP) is 5.59. The van der Waals surface area contributed by atoms with Crippen LogP contribution in [0.4, 0.5) is 5.69 Å². The van der Waals surface area contributed by atoms with E-state index in [1.165, 1.54) is 4.57 Å². The Labute approximate surface area is 206 Å². The maximum Gasteiger partial charge on any atom is 0.261 e. The van der Waals surface area contributed by atoms with Crippen molar-refractivity contribution in [3.8, 4) is 11.8 Å². The topological polar surface area (TPSA) is 91.1 Å². The fourth-order valence-corrected chi connectivity index (χ4v) is 5.14. The monoisotopic (exact) mass is 473 g/mol. The minimum atomic E-state index is -0.294. The number of nitrogens with two attached hydrogens (primary N) is 1. The molecule has 6 rings (SSSR count). The lowest BCUT2D eigenvalue weighted by Crippen LogP contribution is -2.36. The van der Waals surface area contributed by atoms with Crippen molar-refractivity contribution in [2.24, 2.45) is 0 Å². The molecule has 0 fully saturated rings. The first-order valence-electron chi connectivity index (χ1n) is 12.0. The van der Waals surface area contributed by atoms with Crippen molar-refractivity contribution < 1.29 is 4.42 Å². The highest BCUT2D eigenvalue weighted by Crippen LogP contribution is 2.38. The molecule has 6 heteroatoms. The zero-order valence-corrected chi connectivity index (χ0v) is 20.0. The summed E-state index contributed by atoms with van der Waals surface area (Å²) < 4.78 is 7.79. The van der Waals surface area contributed by atoms with Crippen molar-refractivity contribution in [3.63, 3.8) is 0 Å². The van der Waals surface area contributed by atoms with Crippen LogP contribution in [-0.2, 0) is 0 Å². The van der Waals surface area contributed by atoms with Gasteiger partial charge < -0.3 is 10.2 Å². The van der Waals surface area contributed by atoms with Gasteiger partial charge in [-0.15, -0.1) is 0 Å². The smallest absolute Gasteiger partial charge is 0.261 e. The van der Waals surface area contributed by atoms with Gasteiger partial charge in [0.1, 0.15) is 11.3 Å². The van der Waals surface area contributed by atoms with E-state index in [4.69, 9.17) is 10.2 Å². The number of rotatable bonds is 3. The fourth-order valence-electron chi connectivity index (χ4n) is 5.14. The summed E-state index contributed by atoms with van der Waals surface area (Å²) in [5.74, 6) is 6.24. The number of hydrogen-bond acceptors (Lipinski definition) is 5. The minimum Gasteiger partial charge on any atom is -0.455 e. The molecule has 0 radical (unpaired) electrons. The van der Waals surface area contributed by atoms with E-state index in [1.807, 2.05) is 50.2 Å². The highest BCUT2D eigenvalue weighted by atomic mass is 16.3. The van der Waals surface area contributed by atoms with Crippen molar-refractivity contribution in [3.05, 3.63) is 92.8 Å². The van der Waals surface area contributed by atoms with Crippen molar-refractivity contribution in [1.82, 2.24) is 9.55 Å². The first-order chi connectivity index (χ1) is 17.5. The molecule has 0 amide bonds. The quantitative estimate of drug-likeness (QED) is 0.206. The van der Waals surface area contributed by atoms with Gasteiger partial charge in [0, 0.05) is 27.6 Å². The summed E-state index contributed by atoms with van der Waals surface area (Å²) in [5.41, 5.74) is 8.12. The third-order valence-corrected chi connectivity index (χ3v) is 6.94. The average Bonchev–Trinajstić information content (AvgIpc) is 2.90. The van der Waals surface area contributed by atoms with Gasteiger partial charge in [-0.3, -0.25) is 14.2 Å². The van der Waals surface area contributed by atoms with Gasteiger partial charge in [-0.25, -0.2) is 4.98 Å². The third kappa shape index (κ3) is 3.17. The van der Waals surface area contributed by atoms with E-state index in [0.29, 0.717) is 57.1 Å². The number of anilines is 1. The molecule has 3 aromatic heterocycles. The van der Waals surface area contributed by atoms with Crippen molar-refractivity contribution in [1.29, 1.82) is 0 Å². The lowest BCUT2D eigenvalue weighted by molar-refractivity contribution is 0.451. The molecule has 0 bridgehead atoms. The largest absolute Gasteiger partial charge is 0.455 e. The zero-order chi connectivity index (χ0) is 25.0. The van der Waals surface area contributed by atoms with Crippen molar-refractivity contribution >= 4 is 49.2 Å². The molecule has 0 aliphatic rings. The maximum atomic E-state index is 13.8. The molecule has 0 atom stereocenters. The minimum absolute atomic E-state index is 0.175. The SMILES string of the molecule is CCC(CC)n1c(=O)c2ccc3c4ccccc4oc4c(C#Cc5ccc(N)cn5)cc(c1=O)c2c43. The van der Waals surface area contributed by atoms with E-state index < -0.39 is 0 Å². The second kappa shape index (κ2) is 8.24. The predicted molar refractivity (Wildman–Crippen MR) is 145 cm³/mol. The summed E-state index contributed by atoms with van der Waals surface area (Å²) in [7, 11) is 0. The van der Waals surface area contributed by atoms with Crippen molar-refractivity contribution in [2.75, 3.05) is 5.73 Å². The van der Waals surface area contributed by atoms with E-state index >= 15 is 0 Å². The number of fused-ring (bicyclic) bond motifs is 2. The van der Waals surface area contributed by atoms with Crippen LogP contribution in [0.5, 0.6) is 0 Å². The Bertz CT molecular complexity index is 1970. The van der Waals surface area contributed by atoms with Crippen LogP contribution in [0.2, 0.25) is 0 Å². The molecular formula is C30H23N3O3. The maximum absolute atomic E-state index is 13.8. The van der Waals surface area contributed by atoms with Crippen LogP contribution in [0.3, 0.4) is 0 Å². The van der Waals surface area contributed by atoms with E-state index in [2.05, 4.69) is 16.8 Å². The summed E-state index contributed by atoms with van der Waals surface area (Å²) in [4.78, 5) is 31.7. The Balaban J connectivity index is 1.80. The highest BCUT2D eigenvalue weighted by molar-refractivity contribution is 6.27. The van der Waals surface area contributed by atoms with Gasteiger partial charge >= 0.3 is 0 Å². The molecule has 0 saturated carbocycles. The summed E-state index contributed by atoms with van der Waals surface area (Å²) in [6.07, 6.45) is 2.93. The molecule has 2 N–H and O–H groups in total. The van der Waals surface area contributed by atoms with Gasteiger partial charge in [-0.2, -0.15) is 0 Å². The lowest BCUT2D eigenvalue weighted by atomic mass is 9.94. The molecule has 36 heavy (non-hydrogen) atoms. The third-order valence-electron chi connectivity index (χ3n) is 6.94. The molecule has 0 saturated heterocycles. The van der Waals surface area contributed by atoms with Crippen LogP contribution in [-0.4, -0.2) is 9.55 Å². The number of hydrogen-bond donors (Lipinski definition) is 1. The zero-order valence-electron chi connectivity index (χ0n) is 20.0. The average molecular weight is 474 g/mol. The summed E-state index contributed by atoms with van der Waals surface area (Å²) in [6.45, 7) is 3.98. The van der Waals surface area contributed by atoms with Crippen molar-refractivity contribution in [2.45, 2.75) is 32.7 Å². The Morgan fingerprint density at radius 3 is 2.39 bits per heavy atom. The molecule has 6 nitrogen and oxygen atoms in total. The number of aromatic nitrogens is 2. The lowest BCUT2D eigenvalue weighted by Gasteiger charge is -2.19. The number of pyridine rings is 2. The molecule has 3 aromatic carbocycles. The van der Waals surface area contributed by atoms with Gasteiger partial charge in [0.25, 0.3) is 11.1 Å². The Kier molecular flexibility index (Phi) is 5.01. The highest BCUT2D eigenvalue weighted by Gasteiger charge is 2.23. The van der Waals surface area contributed by atoms with Gasteiger partial charge in [0.15, 0.2) is 5.58 Å². The summed E-state index contributed by atoms with van der Waals surface area (Å²) >= 11 is 0. The Hall–Kier alpha value is -4.63. The van der Waals surface area contributed by atoms with Gasteiger partial charge in [0.2, 0.25) is 0 Å². The normalized spacial score (nSPS) is 11.6. The Morgan fingerprint density at radius 2 is 1.64 bits per heavy atom. The molecule has 0 aliphatic carbocycles. The molecular weight excluding hydrogens is 450 g/mol. The standard InChI is InChI=1S/C30H23N3O3/c1-3-20(4-2)33-29(34)23-14-13-22-21-7-5-6-8-25(21)36-28-17(9-11-19-12-10-18(31)16-32-19)15-24(30(33)35)26(23)27(22)28/h5-8,10,12-16,20H,3-4,31H2,1-2H3. The number of nitrogens with zero attached hydrogens (tertiary/aromatic N) is 2. The number of para-hydroxylation sites is 1. The molecule has 176 valence electrons. The van der Waals surface area contributed by atoms with E-state index in [9.17, 15) is 9.59 Å². The molecule has 3 heterocycles. The molecule has 0 spiro atoms. The second-order valence-corrected chi connectivity index (χ2v) is 8.99. The first-order valence-corrected chi connectivity index (χ1v) is 12.0. The summed E-state index contributed by atoms with van der Waals surface area (Å²) in [6, 6.07) is 16.6. The van der Waals surface area contributed by atoms with Gasteiger partial charge in [-0.1, -0.05) is 44.0 Å². The first kappa shape index (κ1) is 21.9.